The fourth-order valence-electron chi connectivity index (χ4n) is 4.58. The quantitative estimate of drug-likeness (QED) is 0.435. The van der Waals surface area contributed by atoms with E-state index in [0.717, 1.165) is 48.0 Å². The summed E-state index contributed by atoms with van der Waals surface area (Å²) in [7, 11) is 0. The molecule has 3 aromatic heterocycles. The summed E-state index contributed by atoms with van der Waals surface area (Å²) in [5.41, 5.74) is 3.87. The van der Waals surface area contributed by atoms with Crippen molar-refractivity contribution in [3.63, 3.8) is 0 Å². The normalized spacial score (nSPS) is 14.0. The van der Waals surface area contributed by atoms with Gasteiger partial charge in [-0.15, -0.1) is 0 Å². The second-order valence-electron chi connectivity index (χ2n) is 9.22. The van der Waals surface area contributed by atoms with Crippen molar-refractivity contribution < 1.29 is 9.53 Å². The van der Waals surface area contributed by atoms with Gasteiger partial charge in [0.05, 0.1) is 29.0 Å². The molecule has 3 heterocycles. The number of benzene rings is 1. The topological polar surface area (TPSA) is 90.5 Å². The third kappa shape index (κ3) is 4.82. The number of fused-ring (bicyclic) bond motifs is 1. The maximum absolute atomic E-state index is 12.3. The molecule has 1 N–H and O–H groups in total. The lowest BCUT2D eigenvalue weighted by atomic mass is 10.0. The van der Waals surface area contributed by atoms with Crippen LogP contribution in [-0.4, -0.2) is 38.0 Å². The van der Waals surface area contributed by atoms with Crippen molar-refractivity contribution in [1.29, 1.82) is 0 Å². The van der Waals surface area contributed by atoms with E-state index in [4.69, 9.17) is 9.84 Å². The van der Waals surface area contributed by atoms with Gasteiger partial charge in [0.25, 0.3) is 11.5 Å². The highest BCUT2D eigenvalue weighted by Gasteiger charge is 2.20. The number of carbonyl (C=O) groups is 1. The molecule has 1 aliphatic carbocycles. The molecule has 5 rings (SSSR count). The van der Waals surface area contributed by atoms with Crippen molar-refractivity contribution in [2.45, 2.75) is 51.6 Å². The van der Waals surface area contributed by atoms with E-state index in [1.807, 2.05) is 56.3 Å². The number of hydrogen-bond acceptors (Lipinski definition) is 5. The van der Waals surface area contributed by atoms with Crippen molar-refractivity contribution >= 4 is 11.4 Å². The highest BCUT2D eigenvalue weighted by Crippen LogP contribution is 2.34. The Balaban J connectivity index is 1.50. The molecule has 0 spiro atoms. The van der Waals surface area contributed by atoms with Crippen molar-refractivity contribution in [2.75, 3.05) is 6.61 Å². The van der Waals surface area contributed by atoms with Crippen LogP contribution in [0.15, 0.2) is 65.6 Å². The Kier molecular flexibility index (Phi) is 6.35. The Morgan fingerprint density at radius 3 is 2.57 bits per heavy atom. The molecule has 180 valence electrons. The van der Waals surface area contributed by atoms with E-state index in [1.54, 1.807) is 22.8 Å². The molecule has 0 unspecified atom stereocenters. The van der Waals surface area contributed by atoms with Crippen LogP contribution in [0.2, 0.25) is 0 Å². The molecule has 0 saturated heterocycles. The summed E-state index contributed by atoms with van der Waals surface area (Å²) in [5, 5.41) is 12.5. The fraction of sp³-hybridized carbons (Fsp3) is 0.333. The van der Waals surface area contributed by atoms with E-state index in [1.165, 1.54) is 4.68 Å². The zero-order valence-electron chi connectivity index (χ0n) is 20.0. The SMILES string of the molecule is CC(C)n1nc(-c2c(-c3ccccc3)nn3cc(OCC(=O)NC4CCCC4)ccc23)ccc1=O. The minimum atomic E-state index is -0.145. The molecule has 8 nitrogen and oxygen atoms in total. The van der Waals surface area contributed by atoms with Crippen LogP contribution in [0.3, 0.4) is 0 Å². The summed E-state index contributed by atoms with van der Waals surface area (Å²) < 4.78 is 9.00. The molecule has 4 aromatic rings. The number of carbonyl (C=O) groups excluding carboxylic acids is 1. The molecule has 0 atom stereocenters. The van der Waals surface area contributed by atoms with Gasteiger partial charge in [0.15, 0.2) is 6.61 Å². The van der Waals surface area contributed by atoms with E-state index in [-0.39, 0.29) is 30.2 Å². The molecule has 0 bridgehead atoms. The second kappa shape index (κ2) is 9.74. The van der Waals surface area contributed by atoms with Gasteiger partial charge in [-0.2, -0.15) is 10.2 Å². The average molecular weight is 472 g/mol. The zero-order chi connectivity index (χ0) is 24.4. The molecule has 1 aromatic carbocycles. The molecule has 1 aliphatic rings. The predicted molar refractivity (Wildman–Crippen MR) is 134 cm³/mol. The lowest BCUT2D eigenvalue weighted by molar-refractivity contribution is -0.123. The number of amides is 1. The summed E-state index contributed by atoms with van der Waals surface area (Å²) in [6.45, 7) is 3.82. The number of rotatable bonds is 7. The third-order valence-electron chi connectivity index (χ3n) is 6.31. The van der Waals surface area contributed by atoms with Crippen LogP contribution in [0.5, 0.6) is 5.75 Å². The zero-order valence-corrected chi connectivity index (χ0v) is 20.0. The summed E-state index contributed by atoms with van der Waals surface area (Å²) in [4.78, 5) is 24.6. The van der Waals surface area contributed by atoms with Crippen LogP contribution in [0, 0.1) is 0 Å². The molecule has 1 saturated carbocycles. The standard InChI is InChI=1S/C27H29N5O3/c1-18(2)32-25(34)15-13-22(29-32)26-23-14-12-21(35-17-24(33)28-20-10-6-7-11-20)16-31(23)30-27(26)19-8-4-3-5-9-19/h3-5,8-9,12-16,18,20H,6-7,10-11,17H2,1-2H3,(H,28,33). The Hall–Kier alpha value is -3.94. The van der Waals surface area contributed by atoms with Gasteiger partial charge in [0.2, 0.25) is 0 Å². The Morgan fingerprint density at radius 1 is 1.06 bits per heavy atom. The van der Waals surface area contributed by atoms with Gasteiger partial charge < -0.3 is 10.1 Å². The van der Waals surface area contributed by atoms with Crippen molar-refractivity contribution in [2.24, 2.45) is 0 Å². The summed E-state index contributed by atoms with van der Waals surface area (Å²) in [6, 6.07) is 17.1. The van der Waals surface area contributed by atoms with Crippen LogP contribution in [0.1, 0.15) is 45.6 Å². The largest absolute Gasteiger partial charge is 0.482 e. The van der Waals surface area contributed by atoms with E-state index in [2.05, 4.69) is 10.4 Å². The third-order valence-corrected chi connectivity index (χ3v) is 6.31. The average Bonchev–Trinajstić information content (AvgIpc) is 3.51. The van der Waals surface area contributed by atoms with Gasteiger partial charge in [-0.05, 0) is 44.9 Å². The first-order valence-electron chi connectivity index (χ1n) is 12.1. The maximum atomic E-state index is 12.3. The molecule has 8 heteroatoms. The van der Waals surface area contributed by atoms with E-state index in [9.17, 15) is 9.59 Å². The first-order chi connectivity index (χ1) is 17.0. The van der Waals surface area contributed by atoms with Gasteiger partial charge in [0, 0.05) is 17.7 Å². The highest BCUT2D eigenvalue weighted by atomic mass is 16.5. The van der Waals surface area contributed by atoms with Crippen LogP contribution < -0.4 is 15.6 Å². The maximum Gasteiger partial charge on any atom is 0.267 e. The summed E-state index contributed by atoms with van der Waals surface area (Å²) in [5.74, 6) is 0.441. The molecule has 0 aliphatic heterocycles. The second-order valence-corrected chi connectivity index (χ2v) is 9.22. The highest BCUT2D eigenvalue weighted by molar-refractivity contribution is 5.90. The summed E-state index contributed by atoms with van der Waals surface area (Å²) in [6.07, 6.45) is 6.17. The van der Waals surface area contributed by atoms with E-state index in [0.29, 0.717) is 11.4 Å². The smallest absolute Gasteiger partial charge is 0.267 e. The fourth-order valence-corrected chi connectivity index (χ4v) is 4.58. The minimum Gasteiger partial charge on any atom is -0.482 e. The Bertz CT molecular complexity index is 1400. The number of nitrogens with one attached hydrogen (secondary N) is 1. The molecule has 1 fully saturated rings. The Labute approximate surface area is 203 Å². The molecule has 0 radical (unpaired) electrons. The van der Waals surface area contributed by atoms with Gasteiger partial charge in [-0.1, -0.05) is 43.2 Å². The van der Waals surface area contributed by atoms with Crippen molar-refractivity contribution in [3.05, 3.63) is 71.1 Å². The van der Waals surface area contributed by atoms with Gasteiger partial charge in [0.1, 0.15) is 11.4 Å². The van der Waals surface area contributed by atoms with Crippen LogP contribution in [0.4, 0.5) is 0 Å². The number of pyridine rings is 1. The van der Waals surface area contributed by atoms with Crippen molar-refractivity contribution in [3.8, 4) is 28.3 Å². The van der Waals surface area contributed by atoms with Crippen LogP contribution in [-0.2, 0) is 4.79 Å². The number of nitrogens with zero attached hydrogens (tertiary/aromatic N) is 4. The monoisotopic (exact) mass is 471 g/mol. The van der Waals surface area contributed by atoms with E-state index >= 15 is 0 Å². The molecular formula is C27H29N5O3. The van der Waals surface area contributed by atoms with Crippen molar-refractivity contribution in [1.82, 2.24) is 24.7 Å². The first kappa shape index (κ1) is 22.8. The predicted octanol–water partition coefficient (Wildman–Crippen LogP) is 4.24. The number of ether oxygens (including phenoxy) is 1. The van der Waals surface area contributed by atoms with Crippen LogP contribution in [0.25, 0.3) is 28.0 Å². The van der Waals surface area contributed by atoms with Gasteiger partial charge >= 0.3 is 0 Å². The Morgan fingerprint density at radius 2 is 1.83 bits per heavy atom. The lowest BCUT2D eigenvalue weighted by Gasteiger charge is -2.12. The van der Waals surface area contributed by atoms with Gasteiger partial charge in [-0.3, -0.25) is 9.59 Å². The summed E-state index contributed by atoms with van der Waals surface area (Å²) >= 11 is 0. The molecule has 35 heavy (non-hydrogen) atoms. The van der Waals surface area contributed by atoms with E-state index < -0.39 is 0 Å². The van der Waals surface area contributed by atoms with Crippen LogP contribution >= 0.6 is 0 Å². The number of hydrogen-bond donors (Lipinski definition) is 1. The first-order valence-corrected chi connectivity index (χ1v) is 12.1. The molecule has 1 amide bonds. The lowest BCUT2D eigenvalue weighted by Crippen LogP contribution is -2.36. The molecular weight excluding hydrogens is 442 g/mol. The van der Waals surface area contributed by atoms with Gasteiger partial charge in [-0.25, -0.2) is 9.20 Å². The minimum absolute atomic E-state index is 0.0391. The number of aromatic nitrogens is 4.